The van der Waals surface area contributed by atoms with Crippen LogP contribution in [0.15, 0.2) is 0 Å². The first kappa shape index (κ1) is 12.9. The van der Waals surface area contributed by atoms with Crippen LogP contribution in [0, 0.1) is 0 Å². The highest BCUT2D eigenvalue weighted by molar-refractivity contribution is 7.99. The summed E-state index contributed by atoms with van der Waals surface area (Å²) < 4.78 is 11.2. The maximum Gasteiger partial charge on any atom is 0.0249 e. The van der Waals surface area contributed by atoms with Crippen LogP contribution in [-0.4, -0.2) is 64.3 Å². The van der Waals surface area contributed by atoms with Gasteiger partial charge in [-0.25, -0.2) is 0 Å². The van der Waals surface area contributed by atoms with Gasteiger partial charge in [0.25, 0.3) is 0 Å². The molecule has 5 heteroatoms. The normalized spacial score (nSPS) is 32.8. The highest BCUT2D eigenvalue weighted by Crippen LogP contribution is 2.10. The van der Waals surface area contributed by atoms with Gasteiger partial charge in [0.2, 0.25) is 0 Å². The summed E-state index contributed by atoms with van der Waals surface area (Å²) in [6.07, 6.45) is 2.20. The molecule has 0 aromatic carbocycles. The van der Waals surface area contributed by atoms with Crippen molar-refractivity contribution in [2.45, 2.75) is 18.9 Å². The van der Waals surface area contributed by atoms with E-state index in [1.165, 1.54) is 31.1 Å². The maximum atomic E-state index is 11.2. The molecule has 0 saturated carbocycles. The predicted molar refractivity (Wildman–Crippen MR) is 72.7 cm³/mol. The van der Waals surface area contributed by atoms with Gasteiger partial charge in [0.15, 0.2) is 0 Å². The Kier molecular flexibility index (Phi) is 5.62. The summed E-state index contributed by atoms with van der Waals surface area (Å²) in [7, 11) is -0.524. The molecule has 0 atom stereocenters. The summed E-state index contributed by atoms with van der Waals surface area (Å²) in [5.74, 6) is 4.39. The van der Waals surface area contributed by atoms with Crippen molar-refractivity contribution in [3.8, 4) is 0 Å². The van der Waals surface area contributed by atoms with Gasteiger partial charge in [-0.2, -0.15) is 11.8 Å². The second-order valence-electron chi connectivity index (χ2n) is 4.53. The molecular formula is C11H22N2OS2. The fraction of sp³-hybridized carbons (Fsp3) is 1.00. The van der Waals surface area contributed by atoms with E-state index in [2.05, 4.69) is 22.0 Å². The Morgan fingerprint density at radius 3 is 2.62 bits per heavy atom. The molecule has 1 N–H and O–H groups in total. The Hall–Kier alpha value is 0.420. The van der Waals surface area contributed by atoms with Crippen LogP contribution in [0.2, 0.25) is 0 Å². The maximum absolute atomic E-state index is 11.2. The highest BCUT2D eigenvalue weighted by Gasteiger charge is 2.17. The molecule has 2 heterocycles. The number of hydrogen-bond donors (Lipinski definition) is 1. The zero-order valence-electron chi connectivity index (χ0n) is 9.82. The van der Waals surface area contributed by atoms with Gasteiger partial charge in [-0.1, -0.05) is 0 Å². The third-order valence-corrected chi connectivity index (χ3v) is 5.68. The zero-order chi connectivity index (χ0) is 11.2. The van der Waals surface area contributed by atoms with E-state index in [9.17, 15) is 4.21 Å². The van der Waals surface area contributed by atoms with E-state index in [1.54, 1.807) is 0 Å². The van der Waals surface area contributed by atoms with Crippen LogP contribution < -0.4 is 5.32 Å². The Morgan fingerprint density at radius 2 is 1.94 bits per heavy atom. The fourth-order valence-electron chi connectivity index (χ4n) is 2.25. The van der Waals surface area contributed by atoms with Gasteiger partial charge in [0.05, 0.1) is 0 Å². The van der Waals surface area contributed by atoms with Crippen LogP contribution in [0.4, 0.5) is 0 Å². The smallest absolute Gasteiger partial charge is 0.0249 e. The molecule has 0 radical (unpaired) electrons. The molecule has 0 aromatic rings. The monoisotopic (exact) mass is 262 g/mol. The van der Waals surface area contributed by atoms with Crippen molar-refractivity contribution in [3.05, 3.63) is 0 Å². The van der Waals surface area contributed by atoms with Crippen molar-refractivity contribution in [2.75, 3.05) is 49.2 Å². The van der Waals surface area contributed by atoms with Crippen LogP contribution >= 0.6 is 11.8 Å². The Labute approximate surface area is 105 Å². The molecule has 3 nitrogen and oxygen atoms in total. The zero-order valence-corrected chi connectivity index (χ0v) is 11.5. The minimum atomic E-state index is -0.524. The summed E-state index contributed by atoms with van der Waals surface area (Å²) in [6, 6.07) is 0.622. The van der Waals surface area contributed by atoms with Gasteiger partial charge >= 0.3 is 0 Å². The molecule has 0 bridgehead atoms. The molecule has 2 aliphatic heterocycles. The Morgan fingerprint density at radius 1 is 1.25 bits per heavy atom. The van der Waals surface area contributed by atoms with E-state index in [0.717, 1.165) is 30.9 Å². The molecule has 0 spiro atoms. The predicted octanol–water partition coefficient (Wildman–Crippen LogP) is 0.536. The Bertz CT molecular complexity index is 222. The standard InChI is InChI=1S/C11H22N2OS2/c14-16-9-1-11(2-10-16)12-3-4-13-5-7-15-8-6-13/h11-12H,1-10H2. The second kappa shape index (κ2) is 6.99. The molecule has 2 saturated heterocycles. The number of rotatable bonds is 4. The van der Waals surface area contributed by atoms with Gasteiger partial charge in [-0.3, -0.25) is 4.21 Å². The Balaban J connectivity index is 1.55. The average molecular weight is 262 g/mol. The molecular weight excluding hydrogens is 240 g/mol. The number of nitrogens with zero attached hydrogens (tertiary/aromatic N) is 1. The molecule has 0 unspecified atom stereocenters. The third-order valence-electron chi connectivity index (χ3n) is 3.35. The van der Waals surface area contributed by atoms with Gasteiger partial charge in [0, 0.05) is 66.0 Å². The SMILES string of the molecule is O=S1CCC(NCCN2CCSCC2)CC1. The molecule has 2 fully saturated rings. The van der Waals surface area contributed by atoms with E-state index in [4.69, 9.17) is 0 Å². The minimum Gasteiger partial charge on any atom is -0.313 e. The first-order valence-corrected chi connectivity index (χ1v) is 8.87. The molecule has 0 amide bonds. The van der Waals surface area contributed by atoms with Crippen LogP contribution in [0.3, 0.4) is 0 Å². The largest absolute Gasteiger partial charge is 0.313 e. The van der Waals surface area contributed by atoms with E-state index in [-0.39, 0.29) is 0 Å². The number of nitrogens with one attached hydrogen (secondary N) is 1. The molecule has 16 heavy (non-hydrogen) atoms. The van der Waals surface area contributed by atoms with Crippen molar-refractivity contribution in [1.82, 2.24) is 10.2 Å². The van der Waals surface area contributed by atoms with Gasteiger partial charge in [-0.15, -0.1) is 0 Å². The molecule has 0 aliphatic carbocycles. The first-order chi connectivity index (χ1) is 7.84. The van der Waals surface area contributed by atoms with Crippen molar-refractivity contribution in [1.29, 1.82) is 0 Å². The van der Waals surface area contributed by atoms with Gasteiger partial charge < -0.3 is 10.2 Å². The summed E-state index contributed by atoms with van der Waals surface area (Å²) >= 11 is 2.06. The quantitative estimate of drug-likeness (QED) is 0.801. The average Bonchev–Trinajstić information content (AvgIpc) is 2.33. The van der Waals surface area contributed by atoms with Crippen molar-refractivity contribution >= 4 is 22.6 Å². The molecule has 94 valence electrons. The number of hydrogen-bond acceptors (Lipinski definition) is 4. The molecule has 0 aromatic heterocycles. The molecule has 2 rings (SSSR count). The summed E-state index contributed by atoms with van der Waals surface area (Å²) in [5, 5.41) is 3.61. The van der Waals surface area contributed by atoms with E-state index in [1.807, 2.05) is 0 Å². The van der Waals surface area contributed by atoms with Crippen LogP contribution in [0.1, 0.15) is 12.8 Å². The van der Waals surface area contributed by atoms with Crippen LogP contribution in [-0.2, 0) is 10.8 Å². The van der Waals surface area contributed by atoms with E-state index in [0.29, 0.717) is 6.04 Å². The second-order valence-corrected chi connectivity index (χ2v) is 7.45. The van der Waals surface area contributed by atoms with E-state index < -0.39 is 10.8 Å². The first-order valence-electron chi connectivity index (χ1n) is 6.23. The minimum absolute atomic E-state index is 0.524. The summed E-state index contributed by atoms with van der Waals surface area (Å²) in [5.41, 5.74) is 0. The number of thioether (sulfide) groups is 1. The lowest BCUT2D eigenvalue weighted by molar-refractivity contribution is 0.293. The summed E-state index contributed by atoms with van der Waals surface area (Å²) in [4.78, 5) is 2.55. The van der Waals surface area contributed by atoms with Crippen molar-refractivity contribution in [3.63, 3.8) is 0 Å². The van der Waals surface area contributed by atoms with Crippen LogP contribution in [0.5, 0.6) is 0 Å². The van der Waals surface area contributed by atoms with Crippen molar-refractivity contribution < 1.29 is 4.21 Å². The molecule has 2 aliphatic rings. The van der Waals surface area contributed by atoms with Gasteiger partial charge in [0.1, 0.15) is 0 Å². The van der Waals surface area contributed by atoms with Crippen LogP contribution in [0.25, 0.3) is 0 Å². The topological polar surface area (TPSA) is 32.3 Å². The fourth-order valence-corrected chi connectivity index (χ4v) is 4.53. The highest BCUT2D eigenvalue weighted by atomic mass is 32.2. The van der Waals surface area contributed by atoms with E-state index >= 15 is 0 Å². The lowest BCUT2D eigenvalue weighted by atomic mass is 10.1. The van der Waals surface area contributed by atoms with Crippen molar-refractivity contribution in [2.24, 2.45) is 0 Å². The lowest BCUT2D eigenvalue weighted by Gasteiger charge is -2.28. The van der Waals surface area contributed by atoms with Gasteiger partial charge in [-0.05, 0) is 12.8 Å². The summed E-state index contributed by atoms with van der Waals surface area (Å²) in [6.45, 7) is 4.78. The lowest BCUT2D eigenvalue weighted by Crippen LogP contribution is -2.42. The third kappa shape index (κ3) is 4.35.